The minimum atomic E-state index is -0.605. The van der Waals surface area contributed by atoms with Gasteiger partial charge in [-0.05, 0) is 25.7 Å². The summed E-state index contributed by atoms with van der Waals surface area (Å²) in [6.07, 6.45) is 7.56. The van der Waals surface area contributed by atoms with Crippen LogP contribution >= 0.6 is 0 Å². The Balaban J connectivity index is 2.56. The summed E-state index contributed by atoms with van der Waals surface area (Å²) in [5.74, 6) is 0.526. The van der Waals surface area contributed by atoms with Gasteiger partial charge in [-0.25, -0.2) is 0 Å². The molecule has 0 aromatic carbocycles. The summed E-state index contributed by atoms with van der Waals surface area (Å²) in [4.78, 5) is 0. The van der Waals surface area contributed by atoms with Crippen LogP contribution in [0.15, 0.2) is 11.6 Å². The number of aliphatic hydroxyl groups excluding tert-OH is 1. The molecule has 1 atom stereocenters. The van der Waals surface area contributed by atoms with E-state index in [0.717, 1.165) is 0 Å². The fraction of sp³-hybridized carbons (Fsp3) is 0.727. The van der Waals surface area contributed by atoms with Crippen molar-refractivity contribution in [2.45, 2.75) is 45.1 Å². The van der Waals surface area contributed by atoms with E-state index in [4.69, 9.17) is 5.26 Å². The van der Waals surface area contributed by atoms with E-state index in [1.165, 1.54) is 32.1 Å². The lowest BCUT2D eigenvalue weighted by Gasteiger charge is -2.18. The van der Waals surface area contributed by atoms with Crippen LogP contribution in [-0.2, 0) is 0 Å². The van der Waals surface area contributed by atoms with Crippen LogP contribution < -0.4 is 0 Å². The molecule has 2 heteroatoms. The summed E-state index contributed by atoms with van der Waals surface area (Å²) in [7, 11) is 0. The molecule has 0 heterocycles. The molecule has 2 nitrogen and oxygen atoms in total. The van der Waals surface area contributed by atoms with Gasteiger partial charge in [0.05, 0.1) is 17.7 Å². The van der Waals surface area contributed by atoms with Gasteiger partial charge in [-0.1, -0.05) is 25.3 Å². The number of rotatable bonds is 2. The van der Waals surface area contributed by atoms with Gasteiger partial charge in [-0.2, -0.15) is 5.26 Å². The molecule has 1 rings (SSSR count). The van der Waals surface area contributed by atoms with Crippen LogP contribution in [0, 0.1) is 17.2 Å². The minimum absolute atomic E-state index is 0.526. The third-order valence-electron chi connectivity index (χ3n) is 2.64. The molecule has 0 aliphatic heterocycles. The van der Waals surface area contributed by atoms with Gasteiger partial charge in [0, 0.05) is 0 Å². The second kappa shape index (κ2) is 5.04. The van der Waals surface area contributed by atoms with Gasteiger partial charge >= 0.3 is 0 Å². The van der Waals surface area contributed by atoms with Gasteiger partial charge in [0.15, 0.2) is 0 Å². The largest absolute Gasteiger partial charge is 0.388 e. The molecule has 1 N–H and O–H groups in total. The maximum atomic E-state index is 9.25. The van der Waals surface area contributed by atoms with Crippen LogP contribution in [0.25, 0.3) is 0 Å². The zero-order chi connectivity index (χ0) is 9.68. The minimum Gasteiger partial charge on any atom is -0.388 e. The van der Waals surface area contributed by atoms with Crippen LogP contribution in [0.4, 0.5) is 0 Å². The van der Waals surface area contributed by atoms with Gasteiger partial charge in [0.1, 0.15) is 0 Å². The normalized spacial score (nSPS) is 22.4. The van der Waals surface area contributed by atoms with Crippen molar-refractivity contribution < 1.29 is 5.11 Å². The summed E-state index contributed by atoms with van der Waals surface area (Å²) in [5.41, 5.74) is 0.534. The second-order valence-electron chi connectivity index (χ2n) is 3.81. The summed E-state index contributed by atoms with van der Waals surface area (Å²) >= 11 is 0. The first-order chi connectivity index (χ1) is 6.24. The fourth-order valence-corrected chi connectivity index (χ4v) is 1.82. The molecule has 1 unspecified atom stereocenters. The Morgan fingerprint density at radius 2 is 2.08 bits per heavy atom. The maximum absolute atomic E-state index is 9.25. The molecule has 1 fully saturated rings. The van der Waals surface area contributed by atoms with Crippen LogP contribution in [-0.4, -0.2) is 11.2 Å². The molecule has 0 bridgehead atoms. The van der Waals surface area contributed by atoms with Crippen LogP contribution in [0.3, 0.4) is 0 Å². The van der Waals surface area contributed by atoms with Crippen molar-refractivity contribution in [1.82, 2.24) is 0 Å². The second-order valence-corrected chi connectivity index (χ2v) is 3.81. The van der Waals surface area contributed by atoms with Crippen molar-refractivity contribution in [3.8, 4) is 6.07 Å². The highest BCUT2D eigenvalue weighted by molar-refractivity contribution is 5.25. The molecule has 0 aromatic heterocycles. The summed E-state index contributed by atoms with van der Waals surface area (Å²) < 4.78 is 0. The van der Waals surface area contributed by atoms with Gasteiger partial charge in [0.25, 0.3) is 0 Å². The third-order valence-corrected chi connectivity index (χ3v) is 2.64. The Labute approximate surface area is 79.9 Å². The van der Waals surface area contributed by atoms with E-state index in [1.807, 2.05) is 6.08 Å². The highest BCUT2D eigenvalue weighted by Gasteiger charge is 2.13. The Bertz CT molecular complexity index is 219. The monoisotopic (exact) mass is 179 g/mol. The average Bonchev–Trinajstić information content (AvgIpc) is 2.15. The molecule has 72 valence electrons. The van der Waals surface area contributed by atoms with Crippen LogP contribution in [0.1, 0.15) is 39.0 Å². The summed E-state index contributed by atoms with van der Waals surface area (Å²) in [5, 5.41) is 18.0. The SMILES string of the molecule is CC(O)/C(C#N)=C\C1CCCCC1. The molecule has 0 aromatic rings. The topological polar surface area (TPSA) is 44.0 Å². The zero-order valence-electron chi connectivity index (χ0n) is 8.16. The Morgan fingerprint density at radius 1 is 1.46 bits per heavy atom. The molecule has 0 amide bonds. The summed E-state index contributed by atoms with van der Waals surface area (Å²) in [6, 6.07) is 2.06. The van der Waals surface area contributed by atoms with E-state index in [-0.39, 0.29) is 0 Å². The number of hydrogen-bond donors (Lipinski definition) is 1. The number of nitrogens with zero attached hydrogens (tertiary/aromatic N) is 1. The molecule has 0 spiro atoms. The van der Waals surface area contributed by atoms with E-state index in [1.54, 1.807) is 6.92 Å². The smallest absolute Gasteiger partial charge is 0.0971 e. The molecule has 0 radical (unpaired) electrons. The van der Waals surface area contributed by atoms with Gasteiger partial charge in [0.2, 0.25) is 0 Å². The number of allylic oxidation sites excluding steroid dienone is 1. The van der Waals surface area contributed by atoms with Crippen molar-refractivity contribution in [2.75, 3.05) is 0 Å². The van der Waals surface area contributed by atoms with Crippen LogP contribution in [0.5, 0.6) is 0 Å². The first-order valence-electron chi connectivity index (χ1n) is 5.04. The third kappa shape index (κ3) is 3.20. The van der Waals surface area contributed by atoms with Crippen molar-refractivity contribution in [3.63, 3.8) is 0 Å². The highest BCUT2D eigenvalue weighted by atomic mass is 16.3. The van der Waals surface area contributed by atoms with Gasteiger partial charge in [-0.15, -0.1) is 0 Å². The average molecular weight is 179 g/mol. The Morgan fingerprint density at radius 3 is 2.54 bits per heavy atom. The molecule has 1 aliphatic carbocycles. The van der Waals surface area contributed by atoms with Crippen molar-refractivity contribution in [1.29, 1.82) is 5.26 Å². The highest BCUT2D eigenvalue weighted by Crippen LogP contribution is 2.25. The molecule has 1 aliphatic rings. The lowest BCUT2D eigenvalue weighted by molar-refractivity contribution is 0.234. The lowest BCUT2D eigenvalue weighted by Crippen LogP contribution is -2.08. The number of hydrogen-bond acceptors (Lipinski definition) is 2. The fourth-order valence-electron chi connectivity index (χ4n) is 1.82. The first kappa shape index (κ1) is 10.3. The van der Waals surface area contributed by atoms with E-state index < -0.39 is 6.10 Å². The maximum Gasteiger partial charge on any atom is 0.0971 e. The zero-order valence-corrected chi connectivity index (χ0v) is 8.16. The van der Waals surface area contributed by atoms with E-state index in [2.05, 4.69) is 6.07 Å². The van der Waals surface area contributed by atoms with Crippen molar-refractivity contribution in [2.24, 2.45) is 5.92 Å². The standard InChI is InChI=1S/C11H17NO/c1-9(13)11(8-12)7-10-5-3-2-4-6-10/h7,9-10,13H,2-6H2,1H3/b11-7-. The first-order valence-corrected chi connectivity index (χ1v) is 5.04. The number of aliphatic hydroxyl groups is 1. The van der Waals surface area contributed by atoms with Gasteiger partial charge < -0.3 is 5.11 Å². The quantitative estimate of drug-likeness (QED) is 0.661. The lowest BCUT2D eigenvalue weighted by atomic mass is 9.87. The molecular formula is C11H17NO. The van der Waals surface area contributed by atoms with Crippen molar-refractivity contribution in [3.05, 3.63) is 11.6 Å². The molecule has 0 saturated heterocycles. The van der Waals surface area contributed by atoms with Crippen molar-refractivity contribution >= 4 is 0 Å². The molecular weight excluding hydrogens is 162 g/mol. The predicted molar refractivity (Wildman–Crippen MR) is 52.0 cm³/mol. The Kier molecular flexibility index (Phi) is 3.98. The Hall–Kier alpha value is -0.810. The van der Waals surface area contributed by atoms with E-state index in [0.29, 0.717) is 11.5 Å². The molecule has 1 saturated carbocycles. The number of nitriles is 1. The van der Waals surface area contributed by atoms with Crippen LogP contribution in [0.2, 0.25) is 0 Å². The summed E-state index contributed by atoms with van der Waals surface area (Å²) in [6.45, 7) is 1.65. The predicted octanol–water partition coefficient (Wildman–Crippen LogP) is 2.40. The molecule has 13 heavy (non-hydrogen) atoms. The van der Waals surface area contributed by atoms with E-state index >= 15 is 0 Å². The van der Waals surface area contributed by atoms with Gasteiger partial charge in [-0.3, -0.25) is 0 Å². The van der Waals surface area contributed by atoms with E-state index in [9.17, 15) is 5.11 Å².